The fourth-order valence-corrected chi connectivity index (χ4v) is 1.85. The van der Waals surface area contributed by atoms with Gasteiger partial charge in [0, 0.05) is 18.4 Å². The van der Waals surface area contributed by atoms with E-state index >= 15 is 0 Å². The summed E-state index contributed by atoms with van der Waals surface area (Å²) >= 11 is 0. The van der Waals surface area contributed by atoms with Crippen LogP contribution in [-0.2, 0) is 13.1 Å². The Bertz CT molecular complexity index is 578. The predicted octanol–water partition coefficient (Wildman–Crippen LogP) is 2.70. The Balaban J connectivity index is 2.13. The van der Waals surface area contributed by atoms with E-state index in [1.54, 1.807) is 0 Å². The van der Waals surface area contributed by atoms with Gasteiger partial charge in [-0.3, -0.25) is 0 Å². The number of aryl methyl sites for hydroxylation is 2. The van der Waals surface area contributed by atoms with Gasteiger partial charge in [0.15, 0.2) is 0 Å². The Kier molecular flexibility index (Phi) is 3.63. The van der Waals surface area contributed by atoms with Gasteiger partial charge >= 0.3 is 0 Å². The molecule has 92 valence electrons. The Labute approximate surface area is 107 Å². The van der Waals surface area contributed by atoms with E-state index in [2.05, 4.69) is 27.9 Å². The van der Waals surface area contributed by atoms with E-state index < -0.39 is 0 Å². The smallest absolute Gasteiger partial charge is 0.0992 e. The van der Waals surface area contributed by atoms with Gasteiger partial charge in [-0.2, -0.15) is 5.26 Å². The minimum atomic E-state index is 0.673. The highest BCUT2D eigenvalue weighted by Crippen LogP contribution is 2.17. The Morgan fingerprint density at radius 2 is 2.28 bits per heavy atom. The van der Waals surface area contributed by atoms with Crippen LogP contribution in [-0.4, -0.2) is 9.55 Å². The normalized spacial score (nSPS) is 10.1. The van der Waals surface area contributed by atoms with Crippen molar-refractivity contribution < 1.29 is 0 Å². The van der Waals surface area contributed by atoms with Crippen LogP contribution in [0.5, 0.6) is 0 Å². The first-order valence-corrected chi connectivity index (χ1v) is 5.98. The molecule has 0 bridgehead atoms. The summed E-state index contributed by atoms with van der Waals surface area (Å²) in [6.07, 6.45) is 3.69. The van der Waals surface area contributed by atoms with E-state index in [4.69, 9.17) is 5.26 Å². The molecule has 0 aliphatic carbocycles. The van der Waals surface area contributed by atoms with Crippen molar-refractivity contribution >= 4 is 5.69 Å². The number of imidazole rings is 1. The molecule has 4 nitrogen and oxygen atoms in total. The number of nitrogens with zero attached hydrogens (tertiary/aromatic N) is 3. The van der Waals surface area contributed by atoms with Gasteiger partial charge in [0.2, 0.25) is 0 Å². The molecule has 1 heterocycles. The third-order valence-corrected chi connectivity index (χ3v) is 2.97. The van der Waals surface area contributed by atoms with Crippen molar-refractivity contribution in [1.82, 2.24) is 9.55 Å². The number of benzene rings is 1. The van der Waals surface area contributed by atoms with Crippen LogP contribution >= 0.6 is 0 Å². The molecule has 18 heavy (non-hydrogen) atoms. The zero-order chi connectivity index (χ0) is 13.0. The van der Waals surface area contributed by atoms with E-state index in [1.165, 1.54) is 0 Å². The number of hydrogen-bond acceptors (Lipinski definition) is 3. The summed E-state index contributed by atoms with van der Waals surface area (Å²) in [6.45, 7) is 5.74. The first kappa shape index (κ1) is 12.2. The first-order valence-electron chi connectivity index (χ1n) is 5.98. The molecule has 1 aromatic carbocycles. The maximum Gasteiger partial charge on any atom is 0.0992 e. The highest BCUT2D eigenvalue weighted by Gasteiger charge is 2.03. The lowest BCUT2D eigenvalue weighted by Crippen LogP contribution is -2.06. The van der Waals surface area contributed by atoms with Gasteiger partial charge in [0.1, 0.15) is 0 Å². The van der Waals surface area contributed by atoms with Crippen molar-refractivity contribution in [3.8, 4) is 6.07 Å². The molecular weight excluding hydrogens is 224 g/mol. The third-order valence-electron chi connectivity index (χ3n) is 2.97. The van der Waals surface area contributed by atoms with Crippen LogP contribution in [0, 0.1) is 18.3 Å². The maximum atomic E-state index is 8.90. The molecule has 4 heteroatoms. The lowest BCUT2D eigenvalue weighted by Gasteiger charge is -2.11. The number of anilines is 1. The van der Waals surface area contributed by atoms with Gasteiger partial charge in [0.25, 0.3) is 0 Å². The summed E-state index contributed by atoms with van der Waals surface area (Å²) in [7, 11) is 0. The standard InChI is InChI=1S/C14H16N4/c1-3-18-10-16-8-13(18)9-17-14-6-12(7-15)5-4-11(14)2/h4-6,8,10,17H,3,9H2,1-2H3. The molecule has 2 aromatic rings. The third kappa shape index (κ3) is 2.51. The molecule has 0 saturated carbocycles. The van der Waals surface area contributed by atoms with Crippen LogP contribution in [0.15, 0.2) is 30.7 Å². The Morgan fingerprint density at radius 3 is 3.00 bits per heavy atom. The molecule has 0 atom stereocenters. The fourth-order valence-electron chi connectivity index (χ4n) is 1.85. The van der Waals surface area contributed by atoms with E-state index in [0.717, 1.165) is 23.5 Å². The van der Waals surface area contributed by atoms with E-state index in [9.17, 15) is 0 Å². The van der Waals surface area contributed by atoms with Crippen LogP contribution in [0.1, 0.15) is 23.7 Å². The lowest BCUT2D eigenvalue weighted by atomic mass is 10.1. The SMILES string of the molecule is CCn1cncc1CNc1cc(C#N)ccc1C. The van der Waals surface area contributed by atoms with E-state index in [1.807, 2.05) is 37.6 Å². The summed E-state index contributed by atoms with van der Waals surface area (Å²) in [5.74, 6) is 0. The summed E-state index contributed by atoms with van der Waals surface area (Å²) in [4.78, 5) is 4.13. The number of hydrogen-bond donors (Lipinski definition) is 1. The molecule has 0 aliphatic heterocycles. The Hall–Kier alpha value is -2.28. The Morgan fingerprint density at radius 1 is 1.44 bits per heavy atom. The van der Waals surface area contributed by atoms with Crippen molar-refractivity contribution in [1.29, 1.82) is 5.26 Å². The van der Waals surface area contributed by atoms with Crippen molar-refractivity contribution in [2.75, 3.05) is 5.32 Å². The van der Waals surface area contributed by atoms with Crippen molar-refractivity contribution in [2.45, 2.75) is 26.9 Å². The van der Waals surface area contributed by atoms with Crippen LogP contribution in [0.25, 0.3) is 0 Å². The van der Waals surface area contributed by atoms with Gasteiger partial charge in [-0.1, -0.05) is 6.07 Å². The number of nitrogens with one attached hydrogen (secondary N) is 1. The average molecular weight is 240 g/mol. The predicted molar refractivity (Wildman–Crippen MR) is 71.1 cm³/mol. The molecule has 1 aromatic heterocycles. The van der Waals surface area contributed by atoms with Crippen LogP contribution < -0.4 is 5.32 Å². The van der Waals surface area contributed by atoms with Gasteiger partial charge in [-0.15, -0.1) is 0 Å². The quantitative estimate of drug-likeness (QED) is 0.894. The minimum Gasteiger partial charge on any atom is -0.379 e. The van der Waals surface area contributed by atoms with E-state index in [-0.39, 0.29) is 0 Å². The molecule has 0 fully saturated rings. The highest BCUT2D eigenvalue weighted by atomic mass is 15.1. The fraction of sp³-hybridized carbons (Fsp3) is 0.286. The second kappa shape index (κ2) is 5.37. The summed E-state index contributed by atoms with van der Waals surface area (Å²) in [5.41, 5.74) is 3.95. The molecule has 0 unspecified atom stereocenters. The number of nitriles is 1. The van der Waals surface area contributed by atoms with Gasteiger partial charge in [0.05, 0.1) is 30.2 Å². The average Bonchev–Trinajstić information content (AvgIpc) is 2.85. The molecule has 0 radical (unpaired) electrons. The molecule has 0 spiro atoms. The van der Waals surface area contributed by atoms with Crippen LogP contribution in [0.4, 0.5) is 5.69 Å². The summed E-state index contributed by atoms with van der Waals surface area (Å²) in [5, 5.41) is 12.2. The molecule has 0 aliphatic rings. The molecule has 0 amide bonds. The summed E-state index contributed by atoms with van der Waals surface area (Å²) < 4.78 is 2.09. The zero-order valence-electron chi connectivity index (χ0n) is 10.6. The van der Waals surface area contributed by atoms with Gasteiger partial charge < -0.3 is 9.88 Å². The van der Waals surface area contributed by atoms with Gasteiger partial charge in [-0.25, -0.2) is 4.98 Å². The van der Waals surface area contributed by atoms with Crippen LogP contribution in [0.3, 0.4) is 0 Å². The number of rotatable bonds is 4. The maximum absolute atomic E-state index is 8.90. The summed E-state index contributed by atoms with van der Waals surface area (Å²) in [6, 6.07) is 7.82. The minimum absolute atomic E-state index is 0.673. The zero-order valence-corrected chi connectivity index (χ0v) is 10.6. The van der Waals surface area contributed by atoms with Crippen molar-refractivity contribution in [3.63, 3.8) is 0 Å². The van der Waals surface area contributed by atoms with Gasteiger partial charge in [-0.05, 0) is 31.5 Å². The largest absolute Gasteiger partial charge is 0.379 e. The molecule has 0 saturated heterocycles. The second-order valence-corrected chi connectivity index (χ2v) is 4.17. The van der Waals surface area contributed by atoms with Crippen LogP contribution in [0.2, 0.25) is 0 Å². The number of aromatic nitrogens is 2. The molecule has 2 rings (SSSR count). The first-order chi connectivity index (χ1) is 8.74. The topological polar surface area (TPSA) is 53.6 Å². The molecular formula is C14H16N4. The van der Waals surface area contributed by atoms with Crippen molar-refractivity contribution in [3.05, 3.63) is 47.5 Å². The second-order valence-electron chi connectivity index (χ2n) is 4.17. The van der Waals surface area contributed by atoms with E-state index in [0.29, 0.717) is 12.1 Å². The monoisotopic (exact) mass is 240 g/mol. The lowest BCUT2D eigenvalue weighted by molar-refractivity contribution is 0.719. The van der Waals surface area contributed by atoms with Crippen molar-refractivity contribution in [2.24, 2.45) is 0 Å². The highest BCUT2D eigenvalue weighted by molar-refractivity contribution is 5.55. The molecule has 1 N–H and O–H groups in total.